The van der Waals surface area contributed by atoms with Gasteiger partial charge in [0.2, 0.25) is 0 Å². The van der Waals surface area contributed by atoms with E-state index in [1.54, 1.807) is 22.7 Å². The summed E-state index contributed by atoms with van der Waals surface area (Å²) in [6, 6.07) is 0. The van der Waals surface area contributed by atoms with Gasteiger partial charge in [-0.05, 0) is 6.92 Å². The molecule has 0 unspecified atom stereocenters. The van der Waals surface area contributed by atoms with E-state index in [1.807, 2.05) is 18.5 Å². The molecule has 0 radical (unpaired) electrons. The molecule has 4 nitrogen and oxygen atoms in total. The molecule has 0 aromatic carbocycles. The molecule has 1 saturated heterocycles. The average Bonchev–Trinajstić information content (AvgIpc) is 3.00. The molecule has 1 aliphatic rings. The maximum atomic E-state index is 4.54. The number of hydrogen-bond donors (Lipinski definition) is 0. The molecule has 0 N–H and O–H groups in total. The zero-order valence-electron chi connectivity index (χ0n) is 9.67. The van der Waals surface area contributed by atoms with Gasteiger partial charge in [0, 0.05) is 43.1 Å². The molecule has 0 bridgehead atoms. The lowest BCUT2D eigenvalue weighted by Gasteiger charge is -2.34. The summed E-state index contributed by atoms with van der Waals surface area (Å²) >= 11 is 3.45. The number of thiazole rings is 2. The van der Waals surface area contributed by atoms with E-state index in [-0.39, 0.29) is 0 Å². The van der Waals surface area contributed by atoms with Crippen molar-refractivity contribution in [2.45, 2.75) is 6.92 Å². The monoisotopic (exact) mass is 266 g/mol. The van der Waals surface area contributed by atoms with E-state index in [0.29, 0.717) is 0 Å². The summed E-state index contributed by atoms with van der Waals surface area (Å²) in [6.07, 6.45) is 1.87. The maximum Gasteiger partial charge on any atom is 0.185 e. The second-order valence-corrected chi connectivity index (χ2v) is 5.77. The summed E-state index contributed by atoms with van der Waals surface area (Å²) in [7, 11) is 0. The largest absolute Gasteiger partial charge is 0.345 e. The molecule has 0 amide bonds. The van der Waals surface area contributed by atoms with E-state index < -0.39 is 0 Å². The molecule has 2 aromatic heterocycles. The predicted molar refractivity (Wildman–Crippen MR) is 73.4 cm³/mol. The molecule has 0 saturated carbocycles. The molecule has 2 aromatic rings. The first-order chi connectivity index (χ1) is 8.33. The smallest absolute Gasteiger partial charge is 0.185 e. The predicted octanol–water partition coefficient (Wildman–Crippen LogP) is 2.23. The van der Waals surface area contributed by atoms with Crippen LogP contribution in [0.15, 0.2) is 17.0 Å². The number of anilines is 2. The van der Waals surface area contributed by atoms with Crippen molar-refractivity contribution in [2.75, 3.05) is 36.0 Å². The first-order valence-corrected chi connectivity index (χ1v) is 7.40. The van der Waals surface area contributed by atoms with E-state index in [9.17, 15) is 0 Å². The van der Waals surface area contributed by atoms with Crippen LogP contribution in [0, 0.1) is 6.92 Å². The van der Waals surface area contributed by atoms with Gasteiger partial charge in [-0.3, -0.25) is 0 Å². The molecule has 3 rings (SSSR count). The molecule has 3 heterocycles. The van der Waals surface area contributed by atoms with Crippen LogP contribution in [0.4, 0.5) is 10.3 Å². The minimum absolute atomic E-state index is 1.03. The summed E-state index contributed by atoms with van der Waals surface area (Å²) in [4.78, 5) is 13.6. The van der Waals surface area contributed by atoms with Crippen molar-refractivity contribution in [1.29, 1.82) is 0 Å². The average molecular weight is 266 g/mol. The van der Waals surface area contributed by atoms with Gasteiger partial charge < -0.3 is 9.80 Å². The van der Waals surface area contributed by atoms with E-state index >= 15 is 0 Å². The zero-order chi connectivity index (χ0) is 11.7. The van der Waals surface area contributed by atoms with E-state index in [0.717, 1.165) is 42.1 Å². The molecule has 0 atom stereocenters. The van der Waals surface area contributed by atoms with Gasteiger partial charge in [0.15, 0.2) is 10.3 Å². The van der Waals surface area contributed by atoms with Crippen LogP contribution in [0.3, 0.4) is 0 Å². The third kappa shape index (κ3) is 2.28. The molecule has 1 fully saturated rings. The van der Waals surface area contributed by atoms with Crippen LogP contribution in [-0.2, 0) is 0 Å². The normalized spacial score (nSPS) is 16.5. The van der Waals surface area contributed by atoms with Crippen LogP contribution in [0.25, 0.3) is 0 Å². The SMILES string of the molecule is Cc1csc(N2CCN(c3nccs3)CC2)n1. The summed E-state index contributed by atoms with van der Waals surface area (Å²) in [5, 5.41) is 6.44. The molecular formula is C11H14N4S2. The fourth-order valence-corrected chi connectivity index (χ4v) is 3.50. The van der Waals surface area contributed by atoms with Crippen LogP contribution in [0.2, 0.25) is 0 Å². The Hall–Kier alpha value is -1.14. The van der Waals surface area contributed by atoms with Crippen molar-refractivity contribution in [3.05, 3.63) is 22.7 Å². The Bertz CT molecular complexity index is 471. The molecular weight excluding hydrogens is 252 g/mol. The maximum absolute atomic E-state index is 4.54. The Morgan fingerprint density at radius 1 is 1.06 bits per heavy atom. The summed E-state index contributed by atoms with van der Waals surface area (Å²) in [5.41, 5.74) is 1.12. The van der Waals surface area contributed by atoms with Crippen molar-refractivity contribution in [3.63, 3.8) is 0 Å². The first-order valence-electron chi connectivity index (χ1n) is 5.64. The van der Waals surface area contributed by atoms with Gasteiger partial charge in [-0.2, -0.15) is 0 Å². The van der Waals surface area contributed by atoms with E-state index in [4.69, 9.17) is 0 Å². The van der Waals surface area contributed by atoms with Gasteiger partial charge >= 0.3 is 0 Å². The number of aromatic nitrogens is 2. The van der Waals surface area contributed by atoms with Crippen molar-refractivity contribution >= 4 is 32.9 Å². The Labute approximate surface area is 109 Å². The van der Waals surface area contributed by atoms with E-state index in [2.05, 4.69) is 25.1 Å². The number of nitrogens with zero attached hydrogens (tertiary/aromatic N) is 4. The second-order valence-electron chi connectivity index (χ2n) is 4.06. The molecule has 90 valence electrons. The van der Waals surface area contributed by atoms with Crippen LogP contribution in [0.5, 0.6) is 0 Å². The number of rotatable bonds is 2. The summed E-state index contributed by atoms with van der Waals surface area (Å²) in [6.45, 7) is 6.18. The molecule has 0 spiro atoms. The number of hydrogen-bond acceptors (Lipinski definition) is 6. The number of piperazine rings is 1. The highest BCUT2D eigenvalue weighted by molar-refractivity contribution is 7.14. The van der Waals surface area contributed by atoms with Gasteiger partial charge in [0.1, 0.15) is 0 Å². The van der Waals surface area contributed by atoms with Crippen molar-refractivity contribution in [3.8, 4) is 0 Å². The lowest BCUT2D eigenvalue weighted by molar-refractivity contribution is 0.650. The highest BCUT2D eigenvalue weighted by atomic mass is 32.1. The van der Waals surface area contributed by atoms with Gasteiger partial charge in [0.05, 0.1) is 5.69 Å². The van der Waals surface area contributed by atoms with Gasteiger partial charge in [0.25, 0.3) is 0 Å². The third-order valence-electron chi connectivity index (χ3n) is 2.85. The third-order valence-corrected chi connectivity index (χ3v) is 4.70. The first kappa shape index (κ1) is 11.0. The van der Waals surface area contributed by atoms with E-state index in [1.165, 1.54) is 0 Å². The standard InChI is InChI=1S/C11H14N4S2/c1-9-8-17-11(13-9)15-5-3-14(4-6-15)10-12-2-7-16-10/h2,7-8H,3-6H2,1H3. The topological polar surface area (TPSA) is 32.3 Å². The Morgan fingerprint density at radius 2 is 1.76 bits per heavy atom. The summed E-state index contributed by atoms with van der Waals surface area (Å²) in [5.74, 6) is 0. The van der Waals surface area contributed by atoms with Crippen molar-refractivity contribution < 1.29 is 0 Å². The molecule has 0 aliphatic carbocycles. The summed E-state index contributed by atoms with van der Waals surface area (Å²) < 4.78 is 0. The van der Waals surface area contributed by atoms with Gasteiger partial charge in [-0.25, -0.2) is 9.97 Å². The highest BCUT2D eigenvalue weighted by Crippen LogP contribution is 2.24. The van der Waals surface area contributed by atoms with Crippen molar-refractivity contribution in [1.82, 2.24) is 9.97 Å². The lowest BCUT2D eigenvalue weighted by atomic mass is 10.3. The quantitative estimate of drug-likeness (QED) is 0.834. The van der Waals surface area contributed by atoms with Crippen LogP contribution < -0.4 is 9.80 Å². The van der Waals surface area contributed by atoms with Crippen LogP contribution in [0.1, 0.15) is 5.69 Å². The lowest BCUT2D eigenvalue weighted by Crippen LogP contribution is -2.46. The van der Waals surface area contributed by atoms with Gasteiger partial charge in [-0.15, -0.1) is 22.7 Å². The zero-order valence-corrected chi connectivity index (χ0v) is 11.3. The molecule has 1 aliphatic heterocycles. The second kappa shape index (κ2) is 4.62. The van der Waals surface area contributed by atoms with Crippen molar-refractivity contribution in [2.24, 2.45) is 0 Å². The minimum Gasteiger partial charge on any atom is -0.345 e. The number of aryl methyl sites for hydroxylation is 1. The van der Waals surface area contributed by atoms with Crippen LogP contribution >= 0.6 is 22.7 Å². The van der Waals surface area contributed by atoms with Gasteiger partial charge in [-0.1, -0.05) is 0 Å². The highest BCUT2D eigenvalue weighted by Gasteiger charge is 2.20. The fraction of sp³-hybridized carbons (Fsp3) is 0.455. The Balaban J connectivity index is 1.64. The Morgan fingerprint density at radius 3 is 2.29 bits per heavy atom. The minimum atomic E-state index is 1.03. The Kier molecular flexibility index (Phi) is 2.98. The van der Waals surface area contributed by atoms with Crippen LogP contribution in [-0.4, -0.2) is 36.1 Å². The molecule has 17 heavy (non-hydrogen) atoms. The molecule has 6 heteroatoms. The fourth-order valence-electron chi connectivity index (χ4n) is 1.95.